The van der Waals surface area contributed by atoms with Gasteiger partial charge in [-0.2, -0.15) is 0 Å². The van der Waals surface area contributed by atoms with Gasteiger partial charge in [-0.1, -0.05) is 0 Å². The van der Waals surface area contributed by atoms with Gasteiger partial charge in [0.2, 0.25) is 5.91 Å². The van der Waals surface area contributed by atoms with Crippen LogP contribution < -0.4 is 15.8 Å². The number of nitrogens with one attached hydrogen (secondary N) is 2. The first kappa shape index (κ1) is 19.3. The molecule has 0 saturated heterocycles. The monoisotopic (exact) mass is 403 g/mol. The van der Waals surface area contributed by atoms with E-state index in [2.05, 4.69) is 10.3 Å². The van der Waals surface area contributed by atoms with Crippen LogP contribution in [0.25, 0.3) is 10.9 Å². The van der Waals surface area contributed by atoms with E-state index >= 15 is 0 Å². The van der Waals surface area contributed by atoms with Gasteiger partial charge in [0.25, 0.3) is 0 Å². The molecule has 1 aliphatic heterocycles. The Hall–Kier alpha value is -3.00. The largest absolute Gasteiger partial charge is 0.489 e. The Bertz CT molecular complexity index is 1080. The highest BCUT2D eigenvalue weighted by atomic mass is 19.1. The van der Waals surface area contributed by atoms with Gasteiger partial charge in [-0.3, -0.25) is 4.79 Å². The summed E-state index contributed by atoms with van der Waals surface area (Å²) in [5.74, 6) is -2.27. The molecular weight excluding hydrogens is 383 g/mol. The molecular formula is C21H20F3N3O2. The number of hydrogen-bond donors (Lipinski definition) is 3. The zero-order valence-electron chi connectivity index (χ0n) is 15.5. The molecule has 0 spiro atoms. The van der Waals surface area contributed by atoms with Gasteiger partial charge in [0, 0.05) is 34.8 Å². The lowest BCUT2D eigenvalue weighted by molar-refractivity contribution is 0.0997. The van der Waals surface area contributed by atoms with Crippen molar-refractivity contribution in [3.05, 3.63) is 64.6 Å². The minimum Gasteiger partial charge on any atom is -0.489 e. The van der Waals surface area contributed by atoms with Crippen LogP contribution in [-0.4, -0.2) is 30.1 Å². The van der Waals surface area contributed by atoms with Gasteiger partial charge >= 0.3 is 0 Å². The number of fused-ring (bicyclic) bond motifs is 2. The number of carbonyl (C=O) groups excluding carboxylic acids is 1. The van der Waals surface area contributed by atoms with Crippen molar-refractivity contribution >= 4 is 16.8 Å². The quantitative estimate of drug-likeness (QED) is 0.553. The summed E-state index contributed by atoms with van der Waals surface area (Å²) in [5.41, 5.74) is 7.25. The Balaban J connectivity index is 1.37. The Morgan fingerprint density at radius 3 is 2.86 bits per heavy atom. The Morgan fingerprint density at radius 1 is 1.24 bits per heavy atom. The van der Waals surface area contributed by atoms with Crippen molar-refractivity contribution in [2.45, 2.75) is 25.3 Å². The first-order valence-corrected chi connectivity index (χ1v) is 9.36. The topological polar surface area (TPSA) is 80.1 Å². The average Bonchev–Trinajstić information content (AvgIpc) is 3.08. The van der Waals surface area contributed by atoms with E-state index in [9.17, 15) is 18.0 Å². The normalized spacial score (nSPS) is 15.9. The van der Waals surface area contributed by atoms with E-state index in [1.165, 1.54) is 18.2 Å². The summed E-state index contributed by atoms with van der Waals surface area (Å²) < 4.78 is 46.7. The predicted octanol–water partition coefficient (Wildman–Crippen LogP) is 3.21. The van der Waals surface area contributed by atoms with Crippen molar-refractivity contribution in [1.82, 2.24) is 10.3 Å². The van der Waals surface area contributed by atoms with Gasteiger partial charge < -0.3 is 20.8 Å². The third kappa shape index (κ3) is 3.80. The first-order valence-electron chi connectivity index (χ1n) is 9.36. The molecule has 29 heavy (non-hydrogen) atoms. The number of hydrogen-bond acceptors (Lipinski definition) is 3. The van der Waals surface area contributed by atoms with E-state index in [0.29, 0.717) is 35.9 Å². The molecule has 0 unspecified atom stereocenters. The summed E-state index contributed by atoms with van der Waals surface area (Å²) in [6.07, 6.45) is 3.46. The van der Waals surface area contributed by atoms with Crippen molar-refractivity contribution in [2.75, 3.05) is 13.2 Å². The minimum atomic E-state index is -0.621. The van der Waals surface area contributed by atoms with Crippen molar-refractivity contribution in [3.63, 3.8) is 0 Å². The van der Waals surface area contributed by atoms with Crippen LogP contribution in [0.5, 0.6) is 5.75 Å². The van der Waals surface area contributed by atoms with Gasteiger partial charge in [-0.15, -0.1) is 0 Å². The fourth-order valence-electron chi connectivity index (χ4n) is 3.81. The second-order valence-electron chi connectivity index (χ2n) is 7.16. The molecule has 4 rings (SSSR count). The molecule has 152 valence electrons. The number of rotatable bonds is 6. The molecule has 0 aliphatic carbocycles. The number of primary amides is 1. The zero-order chi connectivity index (χ0) is 20.5. The maximum Gasteiger partial charge on any atom is 0.249 e. The molecule has 1 amide bonds. The number of halogens is 3. The van der Waals surface area contributed by atoms with Crippen LogP contribution in [0.3, 0.4) is 0 Å². The lowest BCUT2D eigenvalue weighted by Gasteiger charge is -2.27. The fraction of sp³-hybridized carbons (Fsp3) is 0.286. The number of aryl methyl sites for hydroxylation is 1. The van der Waals surface area contributed by atoms with Crippen LogP contribution in [0.15, 0.2) is 30.5 Å². The number of nitrogens with two attached hydrogens (primary N) is 1. The smallest absolute Gasteiger partial charge is 0.249 e. The van der Waals surface area contributed by atoms with Crippen molar-refractivity contribution in [1.29, 1.82) is 0 Å². The number of benzene rings is 2. The molecule has 3 aromatic rings. The van der Waals surface area contributed by atoms with Crippen molar-refractivity contribution < 1.29 is 22.7 Å². The highest BCUT2D eigenvalue weighted by Crippen LogP contribution is 2.31. The van der Waals surface area contributed by atoms with Crippen LogP contribution >= 0.6 is 0 Å². The number of carbonyl (C=O) groups is 1. The fourth-order valence-corrected chi connectivity index (χ4v) is 3.81. The molecule has 0 saturated carbocycles. The second kappa shape index (κ2) is 7.79. The molecule has 2 aromatic carbocycles. The maximum absolute atomic E-state index is 13.9. The maximum atomic E-state index is 13.9. The van der Waals surface area contributed by atoms with Gasteiger partial charge in [-0.05, 0) is 49.6 Å². The number of aromatic amines is 1. The highest BCUT2D eigenvalue weighted by Gasteiger charge is 2.26. The molecule has 1 aromatic heterocycles. The zero-order valence-corrected chi connectivity index (χ0v) is 15.5. The molecule has 5 nitrogen and oxygen atoms in total. The molecule has 2 heterocycles. The molecule has 1 aliphatic rings. The van der Waals surface area contributed by atoms with Crippen LogP contribution in [0.2, 0.25) is 0 Å². The van der Waals surface area contributed by atoms with E-state index in [0.717, 1.165) is 18.1 Å². The summed E-state index contributed by atoms with van der Waals surface area (Å²) in [7, 11) is 0. The van der Waals surface area contributed by atoms with E-state index in [-0.39, 0.29) is 24.0 Å². The lowest BCUT2D eigenvalue weighted by Crippen LogP contribution is -2.40. The van der Waals surface area contributed by atoms with Crippen molar-refractivity contribution in [3.8, 4) is 5.75 Å². The van der Waals surface area contributed by atoms with E-state index < -0.39 is 23.4 Å². The summed E-state index contributed by atoms with van der Waals surface area (Å²) in [6.45, 7) is 0.894. The molecule has 8 heteroatoms. The van der Waals surface area contributed by atoms with Gasteiger partial charge in [-0.25, -0.2) is 13.2 Å². The molecule has 0 radical (unpaired) electrons. The van der Waals surface area contributed by atoms with Crippen LogP contribution in [-0.2, 0) is 12.8 Å². The number of H-pyrrole nitrogens is 1. The Morgan fingerprint density at radius 2 is 2.07 bits per heavy atom. The molecule has 4 N–H and O–H groups in total. The van der Waals surface area contributed by atoms with Gasteiger partial charge in [0.05, 0.1) is 5.52 Å². The summed E-state index contributed by atoms with van der Waals surface area (Å²) in [6, 6.07) is 4.63. The van der Waals surface area contributed by atoms with Crippen LogP contribution in [0.1, 0.15) is 27.9 Å². The number of aromatic nitrogens is 1. The first-order chi connectivity index (χ1) is 13.9. The summed E-state index contributed by atoms with van der Waals surface area (Å²) in [4.78, 5) is 14.5. The summed E-state index contributed by atoms with van der Waals surface area (Å²) >= 11 is 0. The van der Waals surface area contributed by atoms with Crippen LogP contribution in [0, 0.1) is 17.5 Å². The number of amides is 1. The van der Waals surface area contributed by atoms with Gasteiger partial charge in [0.15, 0.2) is 11.6 Å². The van der Waals surface area contributed by atoms with E-state index in [1.807, 2.05) is 0 Å². The van der Waals surface area contributed by atoms with E-state index in [4.69, 9.17) is 10.5 Å². The predicted molar refractivity (Wildman–Crippen MR) is 102 cm³/mol. The standard InChI is InChI=1S/C21H20F3N3O2/c22-12-6-15-11(9-27-19(15)18(24)7-12)2-1-5-26-13-8-16-14(21(25)28)3-4-17(23)20(16)29-10-13/h3-4,6-7,9,13,26-27H,1-2,5,8,10H2,(H2,25,28)/t13-/m1/s1. The Labute approximate surface area is 165 Å². The number of ether oxygens (including phenoxy) is 1. The summed E-state index contributed by atoms with van der Waals surface area (Å²) in [5, 5.41) is 3.86. The Kier molecular flexibility index (Phi) is 5.19. The second-order valence-corrected chi connectivity index (χ2v) is 7.16. The van der Waals surface area contributed by atoms with Crippen molar-refractivity contribution in [2.24, 2.45) is 5.73 Å². The minimum absolute atomic E-state index is 0.0854. The lowest BCUT2D eigenvalue weighted by atomic mass is 9.96. The van der Waals surface area contributed by atoms with E-state index in [1.54, 1.807) is 6.20 Å². The SMILES string of the molecule is NC(=O)c1ccc(F)c2c1C[C@@H](NCCCc1c[nH]c3c(F)cc(F)cc13)CO2. The van der Waals surface area contributed by atoms with Crippen LogP contribution in [0.4, 0.5) is 13.2 Å². The third-order valence-corrected chi connectivity index (χ3v) is 5.20. The average molecular weight is 403 g/mol. The third-order valence-electron chi connectivity index (χ3n) is 5.20. The molecule has 0 fully saturated rings. The highest BCUT2D eigenvalue weighted by molar-refractivity contribution is 5.95. The van der Waals surface area contributed by atoms with Gasteiger partial charge in [0.1, 0.15) is 18.2 Å². The molecule has 0 bridgehead atoms. The molecule has 1 atom stereocenters.